The number of carboxylic acid groups (broad SMARTS) is 1. The van der Waals surface area contributed by atoms with Gasteiger partial charge < -0.3 is 5.11 Å². The van der Waals surface area contributed by atoms with Gasteiger partial charge in [-0.2, -0.15) is 0 Å². The number of nitrogens with zero attached hydrogens (tertiary/aromatic N) is 1. The number of hydrogen-bond donors (Lipinski definition) is 1. The van der Waals surface area contributed by atoms with E-state index in [2.05, 4.69) is 0 Å². The fraction of sp³-hybridized carbons (Fsp3) is 0.400. The molecule has 1 rings (SSSR count). The molecule has 1 aromatic rings. The molecule has 0 heterocycles. The van der Waals surface area contributed by atoms with Crippen LogP contribution in [0.3, 0.4) is 0 Å². The predicted molar refractivity (Wildman–Crippen MR) is 79.9 cm³/mol. The van der Waals surface area contributed by atoms with Crippen LogP contribution < -0.4 is 0 Å². The largest absolute Gasteiger partial charge is 0.481 e. The highest BCUT2D eigenvalue weighted by Gasteiger charge is 2.08. The molecule has 0 saturated carbocycles. The average Bonchev–Trinajstić information content (AvgIpc) is 2.49. The van der Waals surface area contributed by atoms with Gasteiger partial charge in [-0.25, -0.2) is 0 Å². The van der Waals surface area contributed by atoms with Gasteiger partial charge in [0.15, 0.2) is 0 Å². The van der Waals surface area contributed by atoms with Crippen LogP contribution in [0.15, 0.2) is 35.5 Å². The summed E-state index contributed by atoms with van der Waals surface area (Å²) in [5.74, 6) is -2.24. The molecule has 21 heavy (non-hydrogen) atoms. The van der Waals surface area contributed by atoms with Crippen LogP contribution in [0.4, 0.5) is 0 Å². The summed E-state index contributed by atoms with van der Waals surface area (Å²) in [6, 6.07) is 9.82. The highest BCUT2D eigenvalue weighted by Crippen LogP contribution is 2.14. The average molecular weight is 295 g/mol. The topological polar surface area (TPSA) is 101 Å². The van der Waals surface area contributed by atoms with Crippen molar-refractivity contribution in [1.82, 2.24) is 0 Å². The van der Waals surface area contributed by atoms with Gasteiger partial charge in [-0.15, -0.1) is 4.91 Å². The Kier molecular flexibility index (Phi) is 12.6. The molecule has 0 aromatic heterocycles. The second kappa shape index (κ2) is 12.7. The van der Waals surface area contributed by atoms with E-state index in [1.165, 1.54) is 0 Å². The summed E-state index contributed by atoms with van der Waals surface area (Å²) in [6.07, 6.45) is -0.816. The first-order chi connectivity index (χ1) is 9.88. The van der Waals surface area contributed by atoms with Gasteiger partial charge in [-0.1, -0.05) is 51.1 Å². The Morgan fingerprint density at radius 2 is 1.62 bits per heavy atom. The van der Waals surface area contributed by atoms with Gasteiger partial charge in [-0.05, 0) is 12.5 Å². The number of aliphatic carboxylic acids is 1. The van der Waals surface area contributed by atoms with E-state index in [0.717, 1.165) is 5.56 Å². The zero-order valence-corrected chi connectivity index (χ0v) is 12.7. The molecule has 116 valence electrons. The Labute approximate surface area is 124 Å². The summed E-state index contributed by atoms with van der Waals surface area (Å²) in [5, 5.41) is 9.65. The number of rotatable bonds is 4. The van der Waals surface area contributed by atoms with E-state index in [1.54, 1.807) is 6.92 Å². The van der Waals surface area contributed by atoms with Crippen molar-refractivity contribution in [3.05, 3.63) is 40.8 Å². The van der Waals surface area contributed by atoms with E-state index in [1.807, 2.05) is 56.3 Å². The maximum absolute atomic E-state index is 10.9. The number of carboxylic acids is 1. The molecular formula is C15H21NO5. The number of Topliss-reactive ketones (excluding diaryl/α,β-unsaturated/α-hetero) is 1. The smallest absolute Gasteiger partial charge is 0.313 e. The van der Waals surface area contributed by atoms with Gasteiger partial charge in [0.05, 0.1) is 0 Å². The molecule has 6 heteroatoms. The third kappa shape index (κ3) is 11.2. The van der Waals surface area contributed by atoms with Crippen molar-refractivity contribution in [3.63, 3.8) is 0 Å². The Bertz CT molecular complexity index is 456. The lowest BCUT2D eigenvalue weighted by molar-refractivity contribution is -0.140. The van der Waals surface area contributed by atoms with Crippen molar-refractivity contribution in [1.29, 1.82) is 0 Å². The summed E-state index contributed by atoms with van der Waals surface area (Å²) >= 11 is 0. The van der Waals surface area contributed by atoms with Crippen LogP contribution in [-0.4, -0.2) is 22.8 Å². The summed E-state index contributed by atoms with van der Waals surface area (Å²) < 4.78 is 0. The van der Waals surface area contributed by atoms with Crippen molar-refractivity contribution in [2.24, 2.45) is 5.18 Å². The predicted octanol–water partition coefficient (Wildman–Crippen LogP) is 3.16. The van der Waals surface area contributed by atoms with Crippen molar-refractivity contribution < 1.29 is 19.5 Å². The van der Waals surface area contributed by atoms with Gasteiger partial charge in [0.2, 0.25) is 0 Å². The summed E-state index contributed by atoms with van der Waals surface area (Å²) in [6.45, 7) is 7.55. The number of nitroso groups, excluding NO2 is 1. The van der Waals surface area contributed by atoms with Crippen LogP contribution in [0.2, 0.25) is 0 Å². The van der Waals surface area contributed by atoms with E-state index in [0.29, 0.717) is 0 Å². The van der Waals surface area contributed by atoms with E-state index < -0.39 is 18.3 Å². The lowest BCUT2D eigenvalue weighted by Gasteiger charge is -2.05. The molecule has 6 nitrogen and oxygen atoms in total. The number of carbonyl (C=O) groups excluding carboxylic acids is 2. The number of amides is 1. The summed E-state index contributed by atoms with van der Waals surface area (Å²) in [5.41, 5.74) is 1.10. The fourth-order valence-electron chi connectivity index (χ4n) is 1.14. The third-order valence-corrected chi connectivity index (χ3v) is 2.31. The normalized spacial score (nSPS) is 9.90. The van der Waals surface area contributed by atoms with Crippen molar-refractivity contribution in [3.8, 4) is 0 Å². The Balaban J connectivity index is 0. The molecule has 1 atom stereocenters. The molecule has 0 spiro atoms. The molecule has 1 aromatic carbocycles. The minimum absolute atomic E-state index is 0.0381. The molecular weight excluding hydrogens is 274 g/mol. The van der Waals surface area contributed by atoms with Crippen LogP contribution in [-0.2, 0) is 14.4 Å². The maximum Gasteiger partial charge on any atom is 0.313 e. The molecule has 0 saturated heterocycles. The first-order valence-corrected chi connectivity index (χ1v) is 6.51. The van der Waals surface area contributed by atoms with E-state index >= 15 is 0 Å². The molecule has 0 aliphatic heterocycles. The van der Waals surface area contributed by atoms with E-state index in [4.69, 9.17) is 5.11 Å². The second-order valence-corrected chi connectivity index (χ2v) is 3.80. The lowest BCUT2D eigenvalue weighted by atomic mass is 9.98. The molecule has 0 aliphatic carbocycles. The van der Waals surface area contributed by atoms with Crippen LogP contribution in [0, 0.1) is 4.91 Å². The first-order valence-electron chi connectivity index (χ1n) is 6.51. The summed E-state index contributed by atoms with van der Waals surface area (Å²) in [4.78, 5) is 39.4. The molecule has 0 fully saturated rings. The maximum atomic E-state index is 10.9. The molecule has 0 bridgehead atoms. The Morgan fingerprint density at radius 3 is 1.90 bits per heavy atom. The minimum atomic E-state index is -1.34. The molecule has 0 aliphatic rings. The van der Waals surface area contributed by atoms with Crippen LogP contribution >= 0.6 is 0 Å². The minimum Gasteiger partial charge on any atom is -0.481 e. The van der Waals surface area contributed by atoms with E-state index in [-0.39, 0.29) is 11.7 Å². The number of carbonyl (C=O) groups is 3. The summed E-state index contributed by atoms with van der Waals surface area (Å²) in [7, 11) is 0. The zero-order chi connectivity index (χ0) is 16.8. The Morgan fingerprint density at radius 1 is 1.14 bits per heavy atom. The second-order valence-electron chi connectivity index (χ2n) is 3.80. The lowest BCUT2D eigenvalue weighted by Crippen LogP contribution is -2.03. The van der Waals surface area contributed by atoms with Crippen LogP contribution in [0.1, 0.15) is 45.6 Å². The number of ketones is 1. The van der Waals surface area contributed by atoms with Crippen LogP contribution in [0.5, 0.6) is 0 Å². The van der Waals surface area contributed by atoms with E-state index in [9.17, 15) is 19.3 Å². The molecule has 0 radical (unpaired) electrons. The van der Waals surface area contributed by atoms with Gasteiger partial charge in [0.25, 0.3) is 5.91 Å². The van der Waals surface area contributed by atoms with Gasteiger partial charge in [0.1, 0.15) is 12.2 Å². The number of hydrogen-bond acceptors (Lipinski definition) is 4. The van der Waals surface area contributed by atoms with Gasteiger partial charge in [0, 0.05) is 11.1 Å². The molecule has 1 amide bonds. The van der Waals surface area contributed by atoms with Gasteiger partial charge >= 0.3 is 5.97 Å². The van der Waals surface area contributed by atoms with Crippen molar-refractivity contribution in [2.75, 3.05) is 0 Å². The van der Waals surface area contributed by atoms with Crippen LogP contribution in [0.25, 0.3) is 0 Å². The van der Waals surface area contributed by atoms with Crippen molar-refractivity contribution in [2.45, 2.75) is 40.0 Å². The standard InChI is InChI=1S/C10H12O.C3H3NO4.C2H6/c1-8(9(2)11)10-6-4-3-5-7-10;5-2(4-8)1-3(6)7;1-2/h3-8H,1-2H3;1H2,(H,6,7);1-2H3. The van der Waals surface area contributed by atoms with Gasteiger partial charge in [-0.3, -0.25) is 14.4 Å². The monoisotopic (exact) mass is 295 g/mol. The first kappa shape index (κ1) is 20.9. The molecule has 1 N–H and O–H groups in total. The molecule has 1 unspecified atom stereocenters. The fourth-order valence-corrected chi connectivity index (χ4v) is 1.14. The quantitative estimate of drug-likeness (QED) is 0.679. The number of benzene rings is 1. The third-order valence-electron chi connectivity index (χ3n) is 2.31. The Hall–Kier alpha value is -2.37. The highest BCUT2D eigenvalue weighted by molar-refractivity contribution is 5.93. The van der Waals surface area contributed by atoms with Crippen molar-refractivity contribution >= 4 is 17.7 Å². The highest BCUT2D eigenvalue weighted by atomic mass is 16.4. The SMILES string of the molecule is CC.CC(=O)C(C)c1ccccc1.O=NC(=O)CC(=O)O. The zero-order valence-electron chi connectivity index (χ0n) is 12.7.